The Balaban J connectivity index is 1.59. The first-order valence-electron chi connectivity index (χ1n) is 8.34. The number of halogens is 1. The van der Waals surface area contributed by atoms with Crippen LogP contribution in [0, 0.1) is 0 Å². The smallest absolute Gasteiger partial charge is 0.264 e. The second kappa shape index (κ2) is 7.78. The topological polar surface area (TPSA) is 111 Å². The summed E-state index contributed by atoms with van der Waals surface area (Å²) >= 11 is 7.36. The quantitative estimate of drug-likeness (QED) is 0.445. The first-order valence-corrected chi connectivity index (χ1v) is 11.0. The summed E-state index contributed by atoms with van der Waals surface area (Å²) in [6.45, 7) is 0. The van der Waals surface area contributed by atoms with E-state index in [1.165, 1.54) is 41.8 Å². The second-order valence-electron chi connectivity index (χ2n) is 5.98. The second-order valence-corrected chi connectivity index (χ2v) is 9.13. The van der Waals surface area contributed by atoms with E-state index in [4.69, 9.17) is 17.3 Å². The molecular formula is C19H14ClN5O2S2. The van der Waals surface area contributed by atoms with E-state index >= 15 is 0 Å². The summed E-state index contributed by atoms with van der Waals surface area (Å²) in [5.41, 5.74) is 7.58. The number of hydrogen-bond donors (Lipinski definition) is 2. The summed E-state index contributed by atoms with van der Waals surface area (Å²) in [6, 6.07) is 14.9. The number of nitrogens with one attached hydrogen (secondary N) is 1. The SMILES string of the molecule is Nc1ccc(S(=O)(=O)Nc2nccc(-c3cnc(-c4ccc(Cl)cc4)s3)n2)cc1. The van der Waals surface area contributed by atoms with Gasteiger partial charge in [-0.3, -0.25) is 0 Å². The van der Waals surface area contributed by atoms with E-state index in [1.54, 1.807) is 24.4 Å². The molecule has 0 amide bonds. The lowest BCUT2D eigenvalue weighted by atomic mass is 10.2. The average molecular weight is 444 g/mol. The van der Waals surface area contributed by atoms with E-state index in [-0.39, 0.29) is 10.8 Å². The van der Waals surface area contributed by atoms with Crippen LogP contribution in [0.1, 0.15) is 0 Å². The minimum atomic E-state index is -3.83. The molecule has 2 heterocycles. The molecule has 0 radical (unpaired) electrons. The van der Waals surface area contributed by atoms with Crippen LogP contribution >= 0.6 is 22.9 Å². The molecule has 7 nitrogen and oxygen atoms in total. The molecule has 2 aromatic carbocycles. The number of hydrogen-bond acceptors (Lipinski definition) is 7. The Kier molecular flexibility index (Phi) is 5.18. The molecule has 0 saturated heterocycles. The van der Waals surface area contributed by atoms with Gasteiger partial charge in [-0.1, -0.05) is 23.7 Å². The van der Waals surface area contributed by atoms with Gasteiger partial charge in [0.2, 0.25) is 5.95 Å². The molecule has 0 aliphatic heterocycles. The lowest BCUT2D eigenvalue weighted by molar-refractivity contribution is 0.601. The standard InChI is InChI=1S/C19H14ClN5O2S2/c20-13-3-1-12(2-4-13)18-23-11-17(28-18)16-9-10-22-19(24-16)25-29(26,27)15-7-5-14(21)6-8-15/h1-11H,21H2,(H,22,24,25). The van der Waals surface area contributed by atoms with Crippen LogP contribution in [0.15, 0.2) is 71.9 Å². The first-order chi connectivity index (χ1) is 13.9. The van der Waals surface area contributed by atoms with E-state index in [0.717, 1.165) is 15.4 Å². The van der Waals surface area contributed by atoms with Crippen LogP contribution in [0.2, 0.25) is 5.02 Å². The fourth-order valence-electron chi connectivity index (χ4n) is 2.49. The van der Waals surface area contributed by atoms with Crippen molar-refractivity contribution in [2.45, 2.75) is 4.90 Å². The molecule has 10 heteroatoms. The van der Waals surface area contributed by atoms with Gasteiger partial charge in [-0.05, 0) is 42.5 Å². The number of benzene rings is 2. The molecule has 29 heavy (non-hydrogen) atoms. The minimum absolute atomic E-state index is 0.0271. The van der Waals surface area contributed by atoms with Crippen molar-refractivity contribution in [3.05, 3.63) is 72.0 Å². The predicted molar refractivity (Wildman–Crippen MR) is 115 cm³/mol. The fourth-order valence-corrected chi connectivity index (χ4v) is 4.46. The van der Waals surface area contributed by atoms with Gasteiger partial charge in [0.1, 0.15) is 5.01 Å². The maximum atomic E-state index is 12.5. The Labute approximate surface area is 176 Å². The molecule has 0 unspecified atom stereocenters. The molecule has 146 valence electrons. The van der Waals surface area contributed by atoms with Gasteiger partial charge in [0.15, 0.2) is 0 Å². The van der Waals surface area contributed by atoms with Crippen molar-refractivity contribution < 1.29 is 8.42 Å². The van der Waals surface area contributed by atoms with Crippen LogP contribution in [-0.4, -0.2) is 23.4 Å². The summed E-state index contributed by atoms with van der Waals surface area (Å²) in [6.07, 6.45) is 3.18. The zero-order chi connectivity index (χ0) is 20.4. The molecule has 0 saturated carbocycles. The minimum Gasteiger partial charge on any atom is -0.399 e. The molecule has 2 aromatic heterocycles. The highest BCUT2D eigenvalue weighted by Crippen LogP contribution is 2.32. The number of thiazole rings is 1. The van der Waals surface area contributed by atoms with Gasteiger partial charge in [-0.15, -0.1) is 11.3 Å². The average Bonchev–Trinajstić information content (AvgIpc) is 3.19. The van der Waals surface area contributed by atoms with Gasteiger partial charge in [0.05, 0.1) is 15.5 Å². The lowest BCUT2D eigenvalue weighted by Gasteiger charge is -2.07. The summed E-state index contributed by atoms with van der Waals surface area (Å²) < 4.78 is 27.4. The Morgan fingerprint density at radius 2 is 1.69 bits per heavy atom. The van der Waals surface area contributed by atoms with Crippen molar-refractivity contribution in [3.63, 3.8) is 0 Å². The molecule has 0 aliphatic rings. The summed E-state index contributed by atoms with van der Waals surface area (Å²) in [7, 11) is -3.83. The van der Waals surface area contributed by atoms with E-state index in [0.29, 0.717) is 16.4 Å². The Bertz CT molecular complexity index is 1260. The van der Waals surface area contributed by atoms with E-state index in [9.17, 15) is 8.42 Å². The van der Waals surface area contributed by atoms with Crippen LogP contribution in [0.5, 0.6) is 0 Å². The highest BCUT2D eigenvalue weighted by atomic mass is 35.5. The van der Waals surface area contributed by atoms with Gasteiger partial charge < -0.3 is 5.73 Å². The number of nitrogen functional groups attached to an aromatic ring is 1. The number of aromatic nitrogens is 3. The van der Waals surface area contributed by atoms with Gasteiger partial charge in [-0.25, -0.2) is 28.1 Å². The number of nitrogens with zero attached hydrogens (tertiary/aromatic N) is 3. The Hall–Kier alpha value is -3.01. The van der Waals surface area contributed by atoms with Gasteiger partial charge in [-0.2, -0.15) is 0 Å². The van der Waals surface area contributed by atoms with Gasteiger partial charge in [0, 0.05) is 28.7 Å². The van der Waals surface area contributed by atoms with Crippen molar-refractivity contribution >= 4 is 44.6 Å². The number of anilines is 2. The number of rotatable bonds is 5. The number of sulfonamides is 1. The van der Waals surface area contributed by atoms with Crippen molar-refractivity contribution in [2.75, 3.05) is 10.5 Å². The molecule has 0 fully saturated rings. The number of nitrogens with two attached hydrogens (primary N) is 1. The third-order valence-corrected chi connectivity index (χ3v) is 6.59. The van der Waals surface area contributed by atoms with Crippen LogP contribution in [0.3, 0.4) is 0 Å². The van der Waals surface area contributed by atoms with Gasteiger partial charge >= 0.3 is 0 Å². The molecule has 0 atom stereocenters. The Morgan fingerprint density at radius 3 is 2.41 bits per heavy atom. The highest BCUT2D eigenvalue weighted by Gasteiger charge is 2.16. The maximum absolute atomic E-state index is 12.5. The molecule has 0 aliphatic carbocycles. The summed E-state index contributed by atoms with van der Waals surface area (Å²) in [5.74, 6) is -0.0271. The van der Waals surface area contributed by atoms with Crippen molar-refractivity contribution in [2.24, 2.45) is 0 Å². The lowest BCUT2D eigenvalue weighted by Crippen LogP contribution is -2.15. The predicted octanol–water partition coefficient (Wildman–Crippen LogP) is 4.30. The molecule has 3 N–H and O–H groups in total. The molecule has 4 aromatic rings. The normalized spacial score (nSPS) is 11.3. The monoisotopic (exact) mass is 443 g/mol. The summed E-state index contributed by atoms with van der Waals surface area (Å²) in [4.78, 5) is 13.6. The first kappa shape index (κ1) is 19.3. The van der Waals surface area contributed by atoms with Crippen LogP contribution in [0.4, 0.5) is 11.6 Å². The third kappa shape index (κ3) is 4.37. The van der Waals surface area contributed by atoms with Crippen molar-refractivity contribution in [1.29, 1.82) is 0 Å². The summed E-state index contributed by atoms with van der Waals surface area (Å²) in [5, 5.41) is 1.46. The molecule has 0 bridgehead atoms. The van der Waals surface area contributed by atoms with Crippen LogP contribution in [-0.2, 0) is 10.0 Å². The van der Waals surface area contributed by atoms with Crippen LogP contribution in [0.25, 0.3) is 21.1 Å². The van der Waals surface area contributed by atoms with Crippen LogP contribution < -0.4 is 10.5 Å². The highest BCUT2D eigenvalue weighted by molar-refractivity contribution is 7.92. The van der Waals surface area contributed by atoms with E-state index < -0.39 is 10.0 Å². The molecule has 4 rings (SSSR count). The fraction of sp³-hybridized carbons (Fsp3) is 0. The zero-order valence-electron chi connectivity index (χ0n) is 14.8. The van der Waals surface area contributed by atoms with E-state index in [2.05, 4.69) is 19.7 Å². The largest absolute Gasteiger partial charge is 0.399 e. The van der Waals surface area contributed by atoms with Gasteiger partial charge in [0.25, 0.3) is 10.0 Å². The maximum Gasteiger partial charge on any atom is 0.264 e. The van der Waals surface area contributed by atoms with Crippen molar-refractivity contribution in [1.82, 2.24) is 15.0 Å². The third-order valence-electron chi connectivity index (χ3n) is 3.92. The Morgan fingerprint density at radius 1 is 0.966 bits per heavy atom. The molecule has 0 spiro atoms. The molecular weight excluding hydrogens is 430 g/mol. The zero-order valence-corrected chi connectivity index (χ0v) is 17.2. The van der Waals surface area contributed by atoms with Crippen molar-refractivity contribution in [3.8, 4) is 21.1 Å². The van der Waals surface area contributed by atoms with E-state index in [1.807, 2.05) is 12.1 Å².